The minimum atomic E-state index is -3.77. The Morgan fingerprint density at radius 2 is 2.05 bits per heavy atom. The Hall–Kier alpha value is -1.61. The number of hydrogen-bond donors (Lipinski definition) is 2. The molecule has 0 saturated carbocycles. The molecule has 0 aliphatic carbocycles. The smallest absolute Gasteiger partial charge is 0.338 e. The maximum absolute atomic E-state index is 11.7. The molecule has 0 bridgehead atoms. The van der Waals surface area contributed by atoms with Gasteiger partial charge in [0.05, 0.1) is 30.0 Å². The third-order valence-corrected chi connectivity index (χ3v) is 4.26. The van der Waals surface area contributed by atoms with Crippen LogP contribution in [-0.4, -0.2) is 37.8 Å². The summed E-state index contributed by atoms with van der Waals surface area (Å²) in [7, 11) is -3.77. The Morgan fingerprint density at radius 1 is 1.38 bits per heavy atom. The van der Waals surface area contributed by atoms with Crippen molar-refractivity contribution in [1.82, 2.24) is 0 Å². The van der Waals surface area contributed by atoms with Crippen LogP contribution in [-0.2, 0) is 19.6 Å². The second-order valence-electron chi connectivity index (χ2n) is 3.98. The maximum Gasteiger partial charge on any atom is 0.338 e. The SMILES string of the molecule is CCOC(=O)c1ccc(NS(=O)(=O)CCC(=O)O)c(Br)c1. The Labute approximate surface area is 130 Å². The Balaban J connectivity index is 2.86. The van der Waals surface area contributed by atoms with Crippen molar-refractivity contribution in [3.63, 3.8) is 0 Å². The third-order valence-electron chi connectivity index (χ3n) is 2.33. The molecule has 0 unspecified atom stereocenters. The van der Waals surface area contributed by atoms with E-state index in [2.05, 4.69) is 20.7 Å². The van der Waals surface area contributed by atoms with Crippen molar-refractivity contribution in [2.75, 3.05) is 17.1 Å². The number of halogens is 1. The average molecular weight is 380 g/mol. The molecule has 0 atom stereocenters. The number of carbonyl (C=O) groups excluding carboxylic acids is 1. The summed E-state index contributed by atoms with van der Waals surface area (Å²) in [5.41, 5.74) is 0.491. The fourth-order valence-electron chi connectivity index (χ4n) is 1.38. The molecule has 0 spiro atoms. The molecule has 0 aromatic heterocycles. The Morgan fingerprint density at radius 3 is 2.57 bits per heavy atom. The number of carboxylic acids is 1. The molecule has 21 heavy (non-hydrogen) atoms. The average Bonchev–Trinajstić information content (AvgIpc) is 2.39. The second-order valence-corrected chi connectivity index (χ2v) is 6.68. The van der Waals surface area contributed by atoms with Crippen LogP contribution in [0.25, 0.3) is 0 Å². The summed E-state index contributed by atoms with van der Waals surface area (Å²) in [4.78, 5) is 21.9. The number of esters is 1. The molecule has 1 aromatic carbocycles. The highest BCUT2D eigenvalue weighted by Crippen LogP contribution is 2.25. The van der Waals surface area contributed by atoms with Gasteiger partial charge in [0.25, 0.3) is 0 Å². The van der Waals surface area contributed by atoms with Gasteiger partial charge in [-0.25, -0.2) is 13.2 Å². The number of ether oxygens (including phenoxy) is 1. The van der Waals surface area contributed by atoms with Gasteiger partial charge in [-0.05, 0) is 41.1 Å². The quantitative estimate of drug-likeness (QED) is 0.699. The monoisotopic (exact) mass is 379 g/mol. The number of aliphatic carboxylic acids is 1. The van der Waals surface area contributed by atoms with Crippen molar-refractivity contribution in [3.8, 4) is 0 Å². The van der Waals surface area contributed by atoms with E-state index in [0.29, 0.717) is 4.47 Å². The molecular weight excluding hydrogens is 366 g/mol. The van der Waals surface area contributed by atoms with E-state index in [1.165, 1.54) is 18.2 Å². The van der Waals surface area contributed by atoms with Gasteiger partial charge in [0.2, 0.25) is 10.0 Å². The minimum Gasteiger partial charge on any atom is -0.481 e. The van der Waals surface area contributed by atoms with E-state index in [1.807, 2.05) is 0 Å². The lowest BCUT2D eigenvalue weighted by Gasteiger charge is -2.10. The molecule has 116 valence electrons. The lowest BCUT2D eigenvalue weighted by atomic mass is 10.2. The third kappa shape index (κ3) is 5.72. The van der Waals surface area contributed by atoms with Gasteiger partial charge in [0.1, 0.15) is 0 Å². The molecule has 0 heterocycles. The molecule has 7 nitrogen and oxygen atoms in total. The van der Waals surface area contributed by atoms with Crippen molar-refractivity contribution in [3.05, 3.63) is 28.2 Å². The molecule has 0 amide bonds. The normalized spacial score (nSPS) is 11.0. The van der Waals surface area contributed by atoms with Crippen molar-refractivity contribution < 1.29 is 27.9 Å². The Bertz CT molecular complexity index is 643. The van der Waals surface area contributed by atoms with E-state index in [-0.39, 0.29) is 17.9 Å². The number of nitrogens with one attached hydrogen (secondary N) is 1. The molecule has 1 rings (SSSR count). The first kappa shape index (κ1) is 17.4. The summed E-state index contributed by atoms with van der Waals surface area (Å²) in [6.07, 6.45) is -0.492. The Kier molecular flexibility index (Phi) is 6.16. The van der Waals surface area contributed by atoms with E-state index >= 15 is 0 Å². The zero-order chi connectivity index (χ0) is 16.0. The summed E-state index contributed by atoms with van der Waals surface area (Å²) in [5.74, 6) is -2.25. The molecule has 0 aliphatic heterocycles. The van der Waals surface area contributed by atoms with Crippen molar-refractivity contribution in [2.45, 2.75) is 13.3 Å². The van der Waals surface area contributed by atoms with Gasteiger partial charge in [0, 0.05) is 4.47 Å². The highest BCUT2D eigenvalue weighted by atomic mass is 79.9. The summed E-state index contributed by atoms with van der Waals surface area (Å²) in [6.45, 7) is 1.91. The zero-order valence-corrected chi connectivity index (χ0v) is 13.5. The summed E-state index contributed by atoms with van der Waals surface area (Å²) < 4.78 is 30.8. The molecule has 0 aliphatic rings. The second kappa shape index (κ2) is 7.41. The highest BCUT2D eigenvalue weighted by molar-refractivity contribution is 9.10. The van der Waals surface area contributed by atoms with Crippen LogP contribution >= 0.6 is 15.9 Å². The largest absolute Gasteiger partial charge is 0.481 e. The number of anilines is 1. The van der Waals surface area contributed by atoms with E-state index in [4.69, 9.17) is 9.84 Å². The number of carboxylic acid groups (broad SMARTS) is 1. The first-order valence-electron chi connectivity index (χ1n) is 5.94. The minimum absolute atomic E-state index is 0.216. The first-order chi connectivity index (χ1) is 9.75. The summed E-state index contributed by atoms with van der Waals surface area (Å²) >= 11 is 3.15. The van der Waals surface area contributed by atoms with Crippen LogP contribution in [0.3, 0.4) is 0 Å². The van der Waals surface area contributed by atoms with Gasteiger partial charge in [-0.15, -0.1) is 0 Å². The predicted molar refractivity (Wildman–Crippen MR) is 79.8 cm³/mol. The standard InChI is InChI=1S/C12H14BrNO6S/c1-2-20-12(17)8-3-4-10(9(13)7-8)14-21(18,19)6-5-11(15)16/h3-4,7,14H,2,5-6H2,1H3,(H,15,16). The molecule has 9 heteroatoms. The van der Waals surface area contributed by atoms with E-state index < -0.39 is 34.1 Å². The topological polar surface area (TPSA) is 110 Å². The first-order valence-corrected chi connectivity index (χ1v) is 8.38. The highest BCUT2D eigenvalue weighted by Gasteiger charge is 2.16. The molecular formula is C12H14BrNO6S. The summed E-state index contributed by atoms with van der Waals surface area (Å²) in [5, 5.41) is 8.49. The number of carbonyl (C=O) groups is 2. The van der Waals surface area contributed by atoms with Crippen LogP contribution in [0, 0.1) is 0 Å². The van der Waals surface area contributed by atoms with Gasteiger partial charge in [-0.2, -0.15) is 0 Å². The molecule has 2 N–H and O–H groups in total. The van der Waals surface area contributed by atoms with Crippen LogP contribution in [0.1, 0.15) is 23.7 Å². The van der Waals surface area contributed by atoms with Crippen LogP contribution in [0.15, 0.2) is 22.7 Å². The molecule has 0 saturated heterocycles. The van der Waals surface area contributed by atoms with Gasteiger partial charge >= 0.3 is 11.9 Å². The number of sulfonamides is 1. The van der Waals surface area contributed by atoms with Gasteiger partial charge in [-0.1, -0.05) is 0 Å². The van der Waals surface area contributed by atoms with Crippen molar-refractivity contribution >= 4 is 43.6 Å². The van der Waals surface area contributed by atoms with Gasteiger partial charge in [-0.3, -0.25) is 9.52 Å². The van der Waals surface area contributed by atoms with Crippen LogP contribution in [0.5, 0.6) is 0 Å². The molecule has 0 radical (unpaired) electrons. The zero-order valence-electron chi connectivity index (χ0n) is 11.1. The maximum atomic E-state index is 11.7. The lowest BCUT2D eigenvalue weighted by molar-refractivity contribution is -0.136. The number of benzene rings is 1. The predicted octanol–water partition coefficient (Wildman–Crippen LogP) is 1.84. The number of hydrogen-bond acceptors (Lipinski definition) is 5. The van der Waals surface area contributed by atoms with Crippen LogP contribution in [0.4, 0.5) is 5.69 Å². The van der Waals surface area contributed by atoms with E-state index in [9.17, 15) is 18.0 Å². The van der Waals surface area contributed by atoms with Gasteiger partial charge < -0.3 is 9.84 Å². The van der Waals surface area contributed by atoms with Gasteiger partial charge in [0.15, 0.2) is 0 Å². The van der Waals surface area contributed by atoms with Crippen LogP contribution < -0.4 is 4.72 Å². The van der Waals surface area contributed by atoms with E-state index in [1.54, 1.807) is 6.92 Å². The fraction of sp³-hybridized carbons (Fsp3) is 0.333. The fourth-order valence-corrected chi connectivity index (χ4v) is 3.05. The molecule has 0 fully saturated rings. The lowest BCUT2D eigenvalue weighted by Crippen LogP contribution is -2.19. The number of rotatable bonds is 7. The summed E-state index contributed by atoms with van der Waals surface area (Å²) in [6, 6.07) is 4.24. The molecule has 1 aromatic rings. The van der Waals surface area contributed by atoms with Crippen molar-refractivity contribution in [2.24, 2.45) is 0 Å². The van der Waals surface area contributed by atoms with E-state index in [0.717, 1.165) is 0 Å². The van der Waals surface area contributed by atoms with Crippen LogP contribution in [0.2, 0.25) is 0 Å². The van der Waals surface area contributed by atoms with Crippen molar-refractivity contribution in [1.29, 1.82) is 0 Å².